The first-order valence-electron chi connectivity index (χ1n) is 5.79. The summed E-state index contributed by atoms with van der Waals surface area (Å²) >= 11 is 0. The van der Waals surface area contributed by atoms with Crippen molar-refractivity contribution >= 4 is 11.6 Å². The third-order valence-electron chi connectivity index (χ3n) is 2.32. The predicted molar refractivity (Wildman–Crippen MR) is 67.3 cm³/mol. The minimum absolute atomic E-state index is 0.123. The SMILES string of the molecule is CC(C)CNC(=O)C(C)Nc1ccccc1F. The Bertz CT molecular complexity index is 379. The molecule has 1 unspecified atom stereocenters. The van der Waals surface area contributed by atoms with Crippen LogP contribution in [0.5, 0.6) is 0 Å². The summed E-state index contributed by atoms with van der Waals surface area (Å²) in [5, 5.41) is 5.64. The lowest BCUT2D eigenvalue weighted by atomic mass is 10.2. The second-order valence-corrected chi connectivity index (χ2v) is 4.48. The number of anilines is 1. The maximum atomic E-state index is 13.3. The molecule has 2 N–H and O–H groups in total. The standard InChI is InChI=1S/C13H19FN2O/c1-9(2)8-15-13(17)10(3)16-12-7-5-4-6-11(12)14/h4-7,9-10,16H,8H2,1-3H3,(H,15,17). The van der Waals surface area contributed by atoms with E-state index in [0.29, 0.717) is 18.2 Å². The fourth-order valence-electron chi connectivity index (χ4n) is 1.33. The van der Waals surface area contributed by atoms with E-state index in [1.807, 2.05) is 13.8 Å². The summed E-state index contributed by atoms with van der Waals surface area (Å²) in [5.74, 6) is -0.0717. The van der Waals surface area contributed by atoms with Gasteiger partial charge in [-0.15, -0.1) is 0 Å². The number of amides is 1. The van der Waals surface area contributed by atoms with Gasteiger partial charge in [-0.1, -0.05) is 26.0 Å². The summed E-state index contributed by atoms with van der Waals surface area (Å²) in [4.78, 5) is 11.7. The first-order valence-corrected chi connectivity index (χ1v) is 5.79. The van der Waals surface area contributed by atoms with Crippen molar-refractivity contribution in [2.24, 2.45) is 5.92 Å². The molecule has 3 nitrogen and oxygen atoms in total. The van der Waals surface area contributed by atoms with Crippen LogP contribution in [0.15, 0.2) is 24.3 Å². The number of carbonyl (C=O) groups is 1. The zero-order chi connectivity index (χ0) is 12.8. The van der Waals surface area contributed by atoms with Crippen LogP contribution in [0.4, 0.5) is 10.1 Å². The number of halogens is 1. The molecule has 1 aromatic rings. The summed E-state index contributed by atoms with van der Waals surface area (Å²) < 4.78 is 13.3. The summed E-state index contributed by atoms with van der Waals surface area (Å²) in [6.07, 6.45) is 0. The molecule has 1 amide bonds. The van der Waals surface area contributed by atoms with Gasteiger partial charge in [0.25, 0.3) is 0 Å². The van der Waals surface area contributed by atoms with Crippen molar-refractivity contribution < 1.29 is 9.18 Å². The van der Waals surface area contributed by atoms with Crippen LogP contribution in [0.3, 0.4) is 0 Å². The Morgan fingerprint density at radius 3 is 2.53 bits per heavy atom. The van der Waals surface area contributed by atoms with E-state index < -0.39 is 6.04 Å². The van der Waals surface area contributed by atoms with E-state index in [2.05, 4.69) is 10.6 Å². The topological polar surface area (TPSA) is 41.1 Å². The maximum Gasteiger partial charge on any atom is 0.242 e. The second kappa shape index (κ2) is 6.23. The van der Waals surface area contributed by atoms with Crippen LogP contribution in [0.25, 0.3) is 0 Å². The Kier molecular flexibility index (Phi) is 4.94. The van der Waals surface area contributed by atoms with E-state index in [0.717, 1.165) is 0 Å². The molecule has 0 saturated heterocycles. The normalized spacial score (nSPS) is 12.3. The number of para-hydroxylation sites is 1. The lowest BCUT2D eigenvalue weighted by molar-refractivity contribution is -0.121. The Morgan fingerprint density at radius 2 is 1.94 bits per heavy atom. The van der Waals surface area contributed by atoms with Gasteiger partial charge in [0.05, 0.1) is 5.69 Å². The number of rotatable bonds is 5. The molecule has 17 heavy (non-hydrogen) atoms. The monoisotopic (exact) mass is 238 g/mol. The molecule has 1 rings (SSSR count). The highest BCUT2D eigenvalue weighted by Crippen LogP contribution is 2.13. The van der Waals surface area contributed by atoms with E-state index in [9.17, 15) is 9.18 Å². The predicted octanol–water partition coefficient (Wildman–Crippen LogP) is 2.40. The lowest BCUT2D eigenvalue weighted by Crippen LogP contribution is -2.39. The van der Waals surface area contributed by atoms with Crippen LogP contribution in [0.2, 0.25) is 0 Å². The molecular weight excluding hydrogens is 219 g/mol. The molecule has 94 valence electrons. The quantitative estimate of drug-likeness (QED) is 0.827. The van der Waals surface area contributed by atoms with E-state index in [-0.39, 0.29) is 11.7 Å². The molecule has 1 aromatic carbocycles. The molecule has 0 fully saturated rings. The zero-order valence-electron chi connectivity index (χ0n) is 10.5. The molecule has 0 bridgehead atoms. The third-order valence-corrected chi connectivity index (χ3v) is 2.32. The smallest absolute Gasteiger partial charge is 0.242 e. The first-order chi connectivity index (χ1) is 8.00. The van der Waals surface area contributed by atoms with Crippen LogP contribution < -0.4 is 10.6 Å². The second-order valence-electron chi connectivity index (χ2n) is 4.48. The van der Waals surface area contributed by atoms with Gasteiger partial charge in [-0.3, -0.25) is 4.79 Å². The molecule has 0 aliphatic rings. The number of hydrogen-bond donors (Lipinski definition) is 2. The fraction of sp³-hybridized carbons (Fsp3) is 0.462. The molecule has 0 spiro atoms. The summed E-state index contributed by atoms with van der Waals surface area (Å²) in [7, 11) is 0. The number of nitrogens with one attached hydrogen (secondary N) is 2. The highest BCUT2D eigenvalue weighted by atomic mass is 19.1. The zero-order valence-corrected chi connectivity index (χ0v) is 10.5. The Balaban J connectivity index is 2.51. The van der Waals surface area contributed by atoms with Gasteiger partial charge >= 0.3 is 0 Å². The van der Waals surface area contributed by atoms with Crippen LogP contribution in [-0.2, 0) is 4.79 Å². The fourth-order valence-corrected chi connectivity index (χ4v) is 1.33. The Labute approximate surface area is 101 Å². The largest absolute Gasteiger partial charge is 0.372 e. The van der Waals surface area contributed by atoms with Gasteiger partial charge < -0.3 is 10.6 Å². The Morgan fingerprint density at radius 1 is 1.29 bits per heavy atom. The first kappa shape index (κ1) is 13.5. The van der Waals surface area contributed by atoms with Crippen molar-refractivity contribution in [1.29, 1.82) is 0 Å². The molecule has 0 aromatic heterocycles. The summed E-state index contributed by atoms with van der Waals surface area (Å²) in [5.41, 5.74) is 0.347. The van der Waals surface area contributed by atoms with E-state index in [1.165, 1.54) is 6.07 Å². The van der Waals surface area contributed by atoms with Crippen molar-refractivity contribution in [3.05, 3.63) is 30.1 Å². The third kappa shape index (κ3) is 4.43. The van der Waals surface area contributed by atoms with Gasteiger partial charge in [0, 0.05) is 6.54 Å². The maximum absolute atomic E-state index is 13.3. The number of carbonyl (C=O) groups excluding carboxylic acids is 1. The van der Waals surface area contributed by atoms with Gasteiger partial charge in [0.2, 0.25) is 5.91 Å². The minimum atomic E-state index is -0.453. The molecule has 0 heterocycles. The van der Waals surface area contributed by atoms with Crippen LogP contribution in [0, 0.1) is 11.7 Å². The van der Waals surface area contributed by atoms with Crippen LogP contribution in [0.1, 0.15) is 20.8 Å². The number of benzene rings is 1. The van der Waals surface area contributed by atoms with Crippen molar-refractivity contribution in [3.8, 4) is 0 Å². The molecular formula is C13H19FN2O. The average Bonchev–Trinajstić information content (AvgIpc) is 2.28. The van der Waals surface area contributed by atoms with Gasteiger partial charge in [0.15, 0.2) is 0 Å². The van der Waals surface area contributed by atoms with Crippen LogP contribution in [-0.4, -0.2) is 18.5 Å². The molecule has 0 saturated carbocycles. The summed E-state index contributed by atoms with van der Waals surface area (Å²) in [6.45, 7) is 6.38. The van der Waals surface area contributed by atoms with Gasteiger partial charge in [-0.2, -0.15) is 0 Å². The highest BCUT2D eigenvalue weighted by Gasteiger charge is 2.13. The molecule has 0 aliphatic heterocycles. The summed E-state index contributed by atoms with van der Waals surface area (Å²) in [6, 6.07) is 5.86. The van der Waals surface area contributed by atoms with Crippen molar-refractivity contribution in [3.63, 3.8) is 0 Å². The molecule has 4 heteroatoms. The van der Waals surface area contributed by atoms with Crippen LogP contribution >= 0.6 is 0 Å². The van der Waals surface area contributed by atoms with E-state index in [1.54, 1.807) is 25.1 Å². The number of hydrogen-bond acceptors (Lipinski definition) is 2. The lowest BCUT2D eigenvalue weighted by Gasteiger charge is -2.16. The minimum Gasteiger partial charge on any atom is -0.372 e. The van der Waals surface area contributed by atoms with Gasteiger partial charge in [-0.25, -0.2) is 4.39 Å². The van der Waals surface area contributed by atoms with Crippen molar-refractivity contribution in [2.45, 2.75) is 26.8 Å². The molecule has 0 aliphatic carbocycles. The van der Waals surface area contributed by atoms with Gasteiger partial charge in [0.1, 0.15) is 11.9 Å². The van der Waals surface area contributed by atoms with E-state index in [4.69, 9.17) is 0 Å². The van der Waals surface area contributed by atoms with E-state index >= 15 is 0 Å². The average molecular weight is 238 g/mol. The Hall–Kier alpha value is -1.58. The van der Waals surface area contributed by atoms with Gasteiger partial charge in [-0.05, 0) is 25.0 Å². The van der Waals surface area contributed by atoms with Crippen molar-refractivity contribution in [1.82, 2.24) is 5.32 Å². The molecule has 0 radical (unpaired) electrons. The molecule has 1 atom stereocenters. The highest BCUT2D eigenvalue weighted by molar-refractivity contribution is 5.84. The van der Waals surface area contributed by atoms with Crippen molar-refractivity contribution in [2.75, 3.05) is 11.9 Å².